The van der Waals surface area contributed by atoms with E-state index in [1.165, 1.54) is 7.11 Å². The minimum atomic E-state index is -0.625. The lowest BCUT2D eigenvalue weighted by Crippen LogP contribution is -2.34. The summed E-state index contributed by atoms with van der Waals surface area (Å²) in [7, 11) is 1.52. The summed E-state index contributed by atoms with van der Waals surface area (Å²) in [6.45, 7) is 3.78. The van der Waals surface area contributed by atoms with Gasteiger partial charge in [0.2, 0.25) is 0 Å². The quantitative estimate of drug-likeness (QED) is 0.471. The molecule has 0 N–H and O–H groups in total. The summed E-state index contributed by atoms with van der Waals surface area (Å²) in [5, 5.41) is -0.511. The van der Waals surface area contributed by atoms with Crippen molar-refractivity contribution in [2.45, 2.75) is 13.8 Å². The second-order valence-electron chi connectivity index (χ2n) is 5.03. The van der Waals surface area contributed by atoms with Crippen LogP contribution >= 0.6 is 27.7 Å². The number of ether oxygens (including phenoxy) is 3. The predicted molar refractivity (Wildman–Crippen MR) is 101 cm³/mol. The van der Waals surface area contributed by atoms with Crippen molar-refractivity contribution in [3.63, 3.8) is 0 Å². The molecule has 0 unspecified atom stereocenters. The maximum atomic E-state index is 12.4. The molecule has 0 aromatic heterocycles. The smallest absolute Gasteiger partial charge is 0.326 e. The third-order valence-electron chi connectivity index (χ3n) is 3.34. The Balaban J connectivity index is 2.28. The van der Waals surface area contributed by atoms with E-state index in [1.54, 1.807) is 25.1 Å². The van der Waals surface area contributed by atoms with Gasteiger partial charge in [0, 0.05) is 4.47 Å². The molecule has 1 aliphatic heterocycles. The zero-order chi connectivity index (χ0) is 19.3. The minimum absolute atomic E-state index is 0.184. The van der Waals surface area contributed by atoms with Gasteiger partial charge in [-0.2, -0.15) is 0 Å². The first kappa shape index (κ1) is 20.3. The van der Waals surface area contributed by atoms with E-state index < -0.39 is 23.7 Å². The summed E-state index contributed by atoms with van der Waals surface area (Å²) in [6, 6.07) is 3.44. The molecule has 1 heterocycles. The fourth-order valence-corrected chi connectivity index (χ4v) is 3.47. The summed E-state index contributed by atoms with van der Waals surface area (Å²) in [5.74, 6) is -0.0886. The molecule has 0 spiro atoms. The van der Waals surface area contributed by atoms with Crippen LogP contribution in [-0.4, -0.2) is 48.9 Å². The number of rotatable bonds is 7. The molecule has 2 amide bonds. The standard InChI is InChI=1S/C17H18BrNO6S/c1-4-24-13-8-11(18)10(6-12(13)23-3)7-14-16(21)19(17(22)26-14)9-15(20)25-5-2/h6-8H,4-5,9H2,1-3H3/b14-7+. The number of hydrogen-bond acceptors (Lipinski definition) is 7. The second-order valence-corrected chi connectivity index (χ2v) is 6.88. The lowest BCUT2D eigenvalue weighted by Gasteiger charge is -2.12. The van der Waals surface area contributed by atoms with E-state index >= 15 is 0 Å². The average Bonchev–Trinajstić information content (AvgIpc) is 2.85. The molecule has 1 fully saturated rings. The van der Waals surface area contributed by atoms with E-state index in [0.29, 0.717) is 28.1 Å². The van der Waals surface area contributed by atoms with Gasteiger partial charge in [-0.25, -0.2) is 0 Å². The highest BCUT2D eigenvalue weighted by Gasteiger charge is 2.36. The summed E-state index contributed by atoms with van der Waals surface area (Å²) in [6.07, 6.45) is 1.57. The van der Waals surface area contributed by atoms with Crippen LogP contribution in [0.5, 0.6) is 11.5 Å². The van der Waals surface area contributed by atoms with Gasteiger partial charge in [-0.3, -0.25) is 19.3 Å². The third-order valence-corrected chi connectivity index (χ3v) is 4.93. The summed E-state index contributed by atoms with van der Waals surface area (Å²) < 4.78 is 16.3. The highest BCUT2D eigenvalue weighted by atomic mass is 79.9. The zero-order valence-corrected chi connectivity index (χ0v) is 16.9. The molecule has 9 heteroatoms. The van der Waals surface area contributed by atoms with Gasteiger partial charge in [0.05, 0.1) is 25.2 Å². The molecule has 1 aromatic rings. The number of esters is 1. The van der Waals surface area contributed by atoms with E-state index in [0.717, 1.165) is 16.7 Å². The van der Waals surface area contributed by atoms with E-state index in [9.17, 15) is 14.4 Å². The van der Waals surface area contributed by atoms with Crippen LogP contribution in [0.2, 0.25) is 0 Å². The molecule has 1 saturated heterocycles. The van der Waals surface area contributed by atoms with Gasteiger partial charge in [-0.05, 0) is 49.4 Å². The number of amides is 2. The average molecular weight is 444 g/mol. The summed E-state index contributed by atoms with van der Waals surface area (Å²) >= 11 is 4.20. The number of methoxy groups -OCH3 is 1. The van der Waals surface area contributed by atoms with Crippen LogP contribution in [0.25, 0.3) is 6.08 Å². The van der Waals surface area contributed by atoms with Crippen molar-refractivity contribution < 1.29 is 28.6 Å². The second kappa shape index (κ2) is 9.09. The van der Waals surface area contributed by atoms with Crippen molar-refractivity contribution in [1.29, 1.82) is 0 Å². The van der Waals surface area contributed by atoms with Crippen LogP contribution in [0.1, 0.15) is 19.4 Å². The Labute approximate surface area is 163 Å². The lowest BCUT2D eigenvalue weighted by molar-refractivity contribution is -0.145. The number of imide groups is 1. The Morgan fingerprint density at radius 1 is 1.23 bits per heavy atom. The number of carbonyl (C=O) groups excluding carboxylic acids is 3. The number of nitrogens with zero attached hydrogens (tertiary/aromatic N) is 1. The Hall–Kier alpha value is -2.00. The molecular weight excluding hydrogens is 426 g/mol. The van der Waals surface area contributed by atoms with Crippen molar-refractivity contribution in [3.05, 3.63) is 27.1 Å². The first-order chi connectivity index (χ1) is 12.4. The number of hydrogen-bond donors (Lipinski definition) is 0. The fourth-order valence-electron chi connectivity index (χ4n) is 2.20. The molecule has 0 aliphatic carbocycles. The largest absolute Gasteiger partial charge is 0.493 e. The monoisotopic (exact) mass is 443 g/mol. The number of halogens is 1. The molecule has 1 aliphatic rings. The van der Waals surface area contributed by atoms with Crippen LogP contribution in [0, 0.1) is 0 Å². The van der Waals surface area contributed by atoms with Gasteiger partial charge < -0.3 is 14.2 Å². The Bertz CT molecular complexity index is 764. The molecule has 0 atom stereocenters. The molecule has 2 rings (SSSR count). The highest BCUT2D eigenvalue weighted by Crippen LogP contribution is 2.37. The predicted octanol–water partition coefficient (Wildman–Crippen LogP) is 3.46. The van der Waals surface area contributed by atoms with Gasteiger partial charge in [0.1, 0.15) is 6.54 Å². The zero-order valence-electron chi connectivity index (χ0n) is 14.5. The molecule has 140 valence electrons. The molecule has 1 aromatic carbocycles. The maximum Gasteiger partial charge on any atom is 0.326 e. The third kappa shape index (κ3) is 4.59. The number of carbonyl (C=O) groups is 3. The van der Waals surface area contributed by atoms with Gasteiger partial charge in [-0.1, -0.05) is 15.9 Å². The maximum absolute atomic E-state index is 12.4. The van der Waals surface area contributed by atoms with Crippen molar-refractivity contribution >= 4 is 50.9 Å². The van der Waals surface area contributed by atoms with E-state index in [4.69, 9.17) is 14.2 Å². The molecule has 26 heavy (non-hydrogen) atoms. The fraction of sp³-hybridized carbons (Fsp3) is 0.353. The van der Waals surface area contributed by atoms with Crippen LogP contribution in [0.3, 0.4) is 0 Å². The highest BCUT2D eigenvalue weighted by molar-refractivity contribution is 9.10. The molecular formula is C17H18BrNO6S. The van der Waals surface area contributed by atoms with E-state index in [2.05, 4.69) is 15.9 Å². The van der Waals surface area contributed by atoms with Crippen LogP contribution in [0.15, 0.2) is 21.5 Å². The topological polar surface area (TPSA) is 82.1 Å². The first-order valence-corrected chi connectivity index (χ1v) is 9.43. The van der Waals surface area contributed by atoms with Gasteiger partial charge >= 0.3 is 5.97 Å². The Kier molecular flexibility index (Phi) is 7.10. The van der Waals surface area contributed by atoms with Crippen LogP contribution in [0.4, 0.5) is 4.79 Å². The summed E-state index contributed by atoms with van der Waals surface area (Å²) in [4.78, 5) is 37.1. The van der Waals surface area contributed by atoms with Gasteiger partial charge in [-0.15, -0.1) is 0 Å². The van der Waals surface area contributed by atoms with E-state index in [-0.39, 0.29) is 11.5 Å². The first-order valence-electron chi connectivity index (χ1n) is 7.82. The summed E-state index contributed by atoms with van der Waals surface area (Å²) in [5.41, 5.74) is 0.645. The Morgan fingerprint density at radius 2 is 1.96 bits per heavy atom. The van der Waals surface area contributed by atoms with Gasteiger partial charge in [0.15, 0.2) is 11.5 Å². The van der Waals surface area contributed by atoms with Gasteiger partial charge in [0.25, 0.3) is 11.1 Å². The Morgan fingerprint density at radius 3 is 2.58 bits per heavy atom. The SMILES string of the molecule is CCOC(=O)CN1C(=O)S/C(=C/c2cc(OC)c(OCC)cc2Br)C1=O. The number of benzene rings is 1. The van der Waals surface area contributed by atoms with Crippen molar-refractivity contribution in [3.8, 4) is 11.5 Å². The molecule has 7 nitrogen and oxygen atoms in total. The normalized spacial score (nSPS) is 15.5. The van der Waals surface area contributed by atoms with Crippen LogP contribution in [-0.2, 0) is 14.3 Å². The molecule has 0 saturated carbocycles. The molecule has 0 radical (unpaired) electrons. The minimum Gasteiger partial charge on any atom is -0.493 e. The van der Waals surface area contributed by atoms with Crippen molar-refractivity contribution in [2.24, 2.45) is 0 Å². The van der Waals surface area contributed by atoms with Crippen molar-refractivity contribution in [1.82, 2.24) is 4.90 Å². The lowest BCUT2D eigenvalue weighted by atomic mass is 10.2. The van der Waals surface area contributed by atoms with Crippen LogP contribution < -0.4 is 9.47 Å². The molecule has 0 bridgehead atoms. The van der Waals surface area contributed by atoms with Crippen molar-refractivity contribution in [2.75, 3.05) is 26.9 Å². The van der Waals surface area contributed by atoms with E-state index in [1.807, 2.05) is 6.92 Å². The number of thioether (sulfide) groups is 1.